The van der Waals surface area contributed by atoms with E-state index in [-0.39, 0.29) is 5.56 Å². The largest absolute Gasteiger partial charge is 0.491 e. The van der Waals surface area contributed by atoms with Crippen LogP contribution in [-0.4, -0.2) is 35.6 Å². The minimum Gasteiger partial charge on any atom is -0.491 e. The van der Waals surface area contributed by atoms with E-state index in [9.17, 15) is 14.7 Å². The predicted octanol–water partition coefficient (Wildman–Crippen LogP) is 4.19. The number of hydrogen-bond acceptors (Lipinski definition) is 5. The molecule has 0 spiro atoms. The van der Waals surface area contributed by atoms with Gasteiger partial charge in [-0.15, -0.1) is 0 Å². The van der Waals surface area contributed by atoms with Crippen LogP contribution in [0.15, 0.2) is 18.2 Å². The second-order valence-electron chi connectivity index (χ2n) is 6.70. The minimum absolute atomic E-state index is 0.120. The van der Waals surface area contributed by atoms with Crippen LogP contribution >= 0.6 is 11.9 Å². The number of amides is 1. The highest BCUT2D eigenvalue weighted by atomic mass is 32.2. The van der Waals surface area contributed by atoms with Gasteiger partial charge >= 0.3 is 12.1 Å². The lowest BCUT2D eigenvalue weighted by molar-refractivity contribution is 0.0610. The van der Waals surface area contributed by atoms with E-state index in [1.54, 1.807) is 33.1 Å². The van der Waals surface area contributed by atoms with Gasteiger partial charge in [0.25, 0.3) is 0 Å². The second kappa shape index (κ2) is 7.34. The highest BCUT2D eigenvalue weighted by Gasteiger charge is 2.27. The molecule has 1 N–H and O–H groups in total. The molecule has 1 aromatic carbocycles. The zero-order chi connectivity index (χ0) is 17.9. The zero-order valence-corrected chi connectivity index (χ0v) is 15.2. The quantitative estimate of drug-likeness (QED) is 0.773. The molecule has 0 bridgehead atoms. The molecule has 0 unspecified atom stereocenters. The van der Waals surface area contributed by atoms with Crippen molar-refractivity contribution in [2.45, 2.75) is 39.2 Å². The van der Waals surface area contributed by atoms with Gasteiger partial charge in [-0.2, -0.15) is 0 Å². The first-order valence-electron chi connectivity index (χ1n) is 7.78. The van der Waals surface area contributed by atoms with E-state index in [0.717, 1.165) is 12.8 Å². The Morgan fingerprint density at radius 2 is 2.00 bits per heavy atom. The molecule has 1 aliphatic carbocycles. The molecule has 1 saturated carbocycles. The van der Waals surface area contributed by atoms with Crippen LogP contribution in [0.5, 0.6) is 5.75 Å². The summed E-state index contributed by atoms with van der Waals surface area (Å²) in [6.45, 7) is 5.90. The fraction of sp³-hybridized carbons (Fsp3) is 0.529. The summed E-state index contributed by atoms with van der Waals surface area (Å²) in [5.41, 5.74) is -0.0154. The van der Waals surface area contributed by atoms with Crippen molar-refractivity contribution >= 4 is 29.7 Å². The monoisotopic (exact) mass is 353 g/mol. The lowest BCUT2D eigenvalue weighted by atomic mass is 10.2. The molecular weight excluding hydrogens is 330 g/mol. The van der Waals surface area contributed by atoms with E-state index in [1.165, 1.54) is 28.4 Å². The number of carboxylic acid groups (broad SMARTS) is 1. The zero-order valence-electron chi connectivity index (χ0n) is 14.4. The lowest BCUT2D eigenvalue weighted by Gasteiger charge is -2.27. The third kappa shape index (κ3) is 5.06. The summed E-state index contributed by atoms with van der Waals surface area (Å²) in [5, 5.41) is 9.18. The number of anilines is 1. The van der Waals surface area contributed by atoms with Crippen molar-refractivity contribution in [1.29, 1.82) is 0 Å². The highest BCUT2D eigenvalue weighted by Crippen LogP contribution is 2.36. The van der Waals surface area contributed by atoms with Crippen LogP contribution in [0, 0.1) is 5.92 Å². The first kappa shape index (κ1) is 18.4. The molecule has 132 valence electrons. The van der Waals surface area contributed by atoms with Gasteiger partial charge in [-0.3, -0.25) is 0 Å². The number of hydrogen-bond donors (Lipinski definition) is 1. The van der Waals surface area contributed by atoms with Gasteiger partial charge in [0.05, 0.1) is 12.2 Å². The Kier molecular flexibility index (Phi) is 5.64. The van der Waals surface area contributed by atoms with Crippen molar-refractivity contribution in [1.82, 2.24) is 0 Å². The maximum Gasteiger partial charge on any atom is 0.425 e. The summed E-state index contributed by atoms with van der Waals surface area (Å²) in [6, 6.07) is 4.48. The summed E-state index contributed by atoms with van der Waals surface area (Å²) in [7, 11) is 0. The first-order chi connectivity index (χ1) is 11.2. The Labute approximate surface area is 146 Å². The maximum absolute atomic E-state index is 12.4. The molecule has 1 fully saturated rings. The smallest absolute Gasteiger partial charge is 0.425 e. The standard InChI is InChI=1S/C17H23NO5S/c1-17(2,3)23-16(21)18(24-4)13-8-7-12(15(19)20)9-14(13)22-10-11-5-6-11/h7-9,11H,5-6,10H2,1-4H3,(H,19,20). The second-order valence-corrected chi connectivity index (χ2v) is 7.43. The van der Waals surface area contributed by atoms with Crippen molar-refractivity contribution in [2.75, 3.05) is 17.2 Å². The molecule has 6 nitrogen and oxygen atoms in total. The number of ether oxygens (including phenoxy) is 2. The highest BCUT2D eigenvalue weighted by molar-refractivity contribution is 8.00. The number of rotatable bonds is 6. The van der Waals surface area contributed by atoms with Crippen LogP contribution in [0.2, 0.25) is 0 Å². The van der Waals surface area contributed by atoms with Gasteiger partial charge in [-0.25, -0.2) is 13.9 Å². The van der Waals surface area contributed by atoms with Crippen LogP contribution in [0.3, 0.4) is 0 Å². The molecule has 0 aromatic heterocycles. The van der Waals surface area contributed by atoms with Crippen LogP contribution in [0.1, 0.15) is 44.0 Å². The third-order valence-corrected chi connectivity index (χ3v) is 4.05. The van der Waals surface area contributed by atoms with Crippen LogP contribution in [0.4, 0.5) is 10.5 Å². The van der Waals surface area contributed by atoms with E-state index < -0.39 is 17.7 Å². The Morgan fingerprint density at radius 1 is 1.33 bits per heavy atom. The molecule has 1 aromatic rings. The van der Waals surface area contributed by atoms with Gasteiger partial charge in [0.1, 0.15) is 17.0 Å². The predicted molar refractivity (Wildman–Crippen MR) is 93.8 cm³/mol. The average Bonchev–Trinajstić information content (AvgIpc) is 3.28. The summed E-state index contributed by atoms with van der Waals surface area (Å²) >= 11 is 1.18. The van der Waals surface area contributed by atoms with E-state index in [2.05, 4.69) is 0 Å². The van der Waals surface area contributed by atoms with E-state index in [0.29, 0.717) is 24.0 Å². The number of nitrogens with zero attached hydrogens (tertiary/aromatic N) is 1. The van der Waals surface area contributed by atoms with Crippen LogP contribution in [0.25, 0.3) is 0 Å². The number of carbonyl (C=O) groups excluding carboxylic acids is 1. The number of carboxylic acids is 1. The summed E-state index contributed by atoms with van der Waals surface area (Å²) in [4.78, 5) is 23.6. The molecule has 0 saturated heterocycles. The first-order valence-corrected chi connectivity index (χ1v) is 8.97. The van der Waals surface area contributed by atoms with Gasteiger partial charge in [-0.05, 0) is 69.7 Å². The molecule has 0 atom stereocenters. The van der Waals surface area contributed by atoms with Gasteiger partial charge < -0.3 is 14.6 Å². The fourth-order valence-corrected chi connectivity index (χ4v) is 2.53. The summed E-state index contributed by atoms with van der Waals surface area (Å²) in [6.07, 6.45) is 3.47. The van der Waals surface area contributed by atoms with Crippen LogP contribution < -0.4 is 9.04 Å². The van der Waals surface area contributed by atoms with E-state index >= 15 is 0 Å². The molecule has 0 radical (unpaired) electrons. The molecule has 1 aliphatic rings. The molecule has 0 aliphatic heterocycles. The van der Waals surface area contributed by atoms with Gasteiger partial charge in [0, 0.05) is 6.26 Å². The Hall–Kier alpha value is -1.89. The van der Waals surface area contributed by atoms with Crippen molar-refractivity contribution in [2.24, 2.45) is 5.92 Å². The molecule has 2 rings (SSSR count). The SMILES string of the molecule is CSN(C(=O)OC(C)(C)C)c1ccc(C(=O)O)cc1OCC1CC1. The van der Waals surface area contributed by atoms with Crippen LogP contribution in [-0.2, 0) is 4.74 Å². The number of aromatic carboxylic acids is 1. The average molecular weight is 353 g/mol. The molecule has 24 heavy (non-hydrogen) atoms. The molecule has 1 amide bonds. The normalized spacial score (nSPS) is 14.2. The van der Waals surface area contributed by atoms with Gasteiger partial charge in [-0.1, -0.05) is 0 Å². The van der Waals surface area contributed by atoms with E-state index in [4.69, 9.17) is 9.47 Å². The van der Waals surface area contributed by atoms with E-state index in [1.807, 2.05) is 0 Å². The van der Waals surface area contributed by atoms with Crippen molar-refractivity contribution < 1.29 is 24.2 Å². The Bertz CT molecular complexity index is 622. The van der Waals surface area contributed by atoms with Gasteiger partial charge in [0.2, 0.25) is 0 Å². The van der Waals surface area contributed by atoms with Crippen molar-refractivity contribution in [3.8, 4) is 5.75 Å². The summed E-state index contributed by atoms with van der Waals surface area (Å²) in [5.74, 6) is -0.150. The topological polar surface area (TPSA) is 76.1 Å². The minimum atomic E-state index is -1.04. The van der Waals surface area contributed by atoms with Crippen molar-refractivity contribution in [3.05, 3.63) is 23.8 Å². The molecule has 7 heteroatoms. The molecular formula is C17H23NO5S. The number of carbonyl (C=O) groups is 2. The molecule has 0 heterocycles. The van der Waals surface area contributed by atoms with Crippen molar-refractivity contribution in [3.63, 3.8) is 0 Å². The Morgan fingerprint density at radius 3 is 2.50 bits per heavy atom. The summed E-state index contributed by atoms with van der Waals surface area (Å²) < 4.78 is 12.6. The van der Waals surface area contributed by atoms with Gasteiger partial charge in [0.15, 0.2) is 0 Å². The maximum atomic E-state index is 12.4. The lowest BCUT2D eigenvalue weighted by Crippen LogP contribution is -2.32. The third-order valence-electron chi connectivity index (χ3n) is 3.34. The Balaban J connectivity index is 2.29. The fourth-order valence-electron chi connectivity index (χ4n) is 2.00. The number of benzene rings is 1.